The first-order valence-corrected chi connectivity index (χ1v) is 7.00. The third-order valence-corrected chi connectivity index (χ3v) is 3.78. The number of rotatable bonds is 4. The first-order valence-electron chi connectivity index (χ1n) is 7.00. The minimum absolute atomic E-state index is 0. The predicted octanol–water partition coefficient (Wildman–Crippen LogP) is -0.122. The summed E-state index contributed by atoms with van der Waals surface area (Å²) in [5.74, 6) is -0.772. The smallest absolute Gasteiger partial charge is 0.480 e. The minimum atomic E-state index is -0.970. The van der Waals surface area contributed by atoms with Gasteiger partial charge in [-0.3, -0.25) is 4.79 Å². The maximum Gasteiger partial charge on any atom is 1.00 e. The zero-order valence-electron chi connectivity index (χ0n) is 13.0. The molecule has 3 aromatic rings. The predicted molar refractivity (Wildman–Crippen MR) is 81.8 cm³/mol. The Morgan fingerprint density at radius 3 is 2.68 bits per heavy atom. The molecule has 110 valence electrons. The van der Waals surface area contributed by atoms with Gasteiger partial charge in [-0.2, -0.15) is 0 Å². The summed E-state index contributed by atoms with van der Waals surface area (Å²) in [4.78, 5) is 27.1. The molecule has 0 aliphatic heterocycles. The van der Waals surface area contributed by atoms with E-state index in [1.165, 1.54) is 4.57 Å². The number of nitrogens with zero attached hydrogens (tertiary/aromatic N) is 1. The monoisotopic (exact) mass is 292 g/mol. The molecule has 0 aliphatic carbocycles. The molecule has 0 aliphatic rings. The van der Waals surface area contributed by atoms with Gasteiger partial charge in [0.25, 0.3) is 0 Å². The molecular weight excluding hydrogens is 275 g/mol. The number of hydrogen-bond donors (Lipinski definition) is 2. The first kappa shape index (κ1) is 16.5. The van der Waals surface area contributed by atoms with E-state index in [-0.39, 0.29) is 30.3 Å². The van der Waals surface area contributed by atoms with E-state index < -0.39 is 12.0 Å². The van der Waals surface area contributed by atoms with Gasteiger partial charge in [-0.15, -0.1) is 5.39 Å². The topological polar surface area (TPSA) is 75.1 Å². The number of carbonyl (C=O) groups is 1. The number of aromatic nitrogens is 2. The van der Waals surface area contributed by atoms with E-state index in [1.807, 2.05) is 38.1 Å². The van der Waals surface area contributed by atoms with Crippen LogP contribution in [0.2, 0.25) is 0 Å². The maximum atomic E-state index is 12.5. The number of carboxylic acids is 1. The summed E-state index contributed by atoms with van der Waals surface area (Å²) < 4.78 is 1.34. The van der Waals surface area contributed by atoms with Crippen LogP contribution in [0.25, 0.3) is 21.8 Å². The number of H-pyrrole nitrogens is 1. The Morgan fingerprint density at radius 2 is 2.05 bits per heavy atom. The van der Waals surface area contributed by atoms with Crippen molar-refractivity contribution >= 4 is 27.8 Å². The summed E-state index contributed by atoms with van der Waals surface area (Å²) in [5, 5.41) is 11.1. The molecule has 2 aromatic heterocycles. The standard InChI is InChI=1S/C16H17N2O3.Li/c1-9(2)7-13(16(20)21)18-8-11-10-5-3-4-6-12(10)17-14(11)15(18)19;/h3-6,8-9,13,17H,7H2,1-2H3,(H,20,21);/q-1;+1. The molecule has 1 aromatic carbocycles. The van der Waals surface area contributed by atoms with Crippen molar-refractivity contribution in [3.63, 3.8) is 0 Å². The van der Waals surface area contributed by atoms with E-state index in [9.17, 15) is 14.7 Å². The number of aliphatic carboxylic acids is 1. The first-order chi connectivity index (χ1) is 9.99. The number of hydrogen-bond acceptors (Lipinski definition) is 2. The van der Waals surface area contributed by atoms with Crippen molar-refractivity contribution in [1.29, 1.82) is 0 Å². The van der Waals surface area contributed by atoms with E-state index >= 15 is 0 Å². The van der Waals surface area contributed by atoms with E-state index in [0.29, 0.717) is 11.9 Å². The van der Waals surface area contributed by atoms with Crippen LogP contribution in [0.5, 0.6) is 0 Å². The maximum absolute atomic E-state index is 12.5. The summed E-state index contributed by atoms with van der Waals surface area (Å²) in [6.07, 6.45) is 2.09. The van der Waals surface area contributed by atoms with Gasteiger partial charge in [0.05, 0.1) is 0 Å². The van der Waals surface area contributed by atoms with E-state index in [0.717, 1.165) is 16.3 Å². The molecule has 2 heterocycles. The van der Waals surface area contributed by atoms with E-state index in [2.05, 4.69) is 4.98 Å². The zero-order valence-corrected chi connectivity index (χ0v) is 13.0. The fraction of sp³-hybridized carbons (Fsp3) is 0.312. The summed E-state index contributed by atoms with van der Waals surface area (Å²) in [6, 6.07) is 6.81. The van der Waals surface area contributed by atoms with Gasteiger partial charge in [0.2, 0.25) is 0 Å². The normalized spacial score (nSPS) is 12.7. The molecule has 0 spiro atoms. The van der Waals surface area contributed by atoms with Gasteiger partial charge in [0, 0.05) is 0 Å². The molecule has 22 heavy (non-hydrogen) atoms. The molecular formula is C16H17LiN2O3. The van der Waals surface area contributed by atoms with Gasteiger partial charge in [0.1, 0.15) is 6.04 Å². The van der Waals surface area contributed by atoms with Crippen LogP contribution in [0.4, 0.5) is 0 Å². The molecule has 1 unspecified atom stereocenters. The molecule has 0 bridgehead atoms. The van der Waals surface area contributed by atoms with Crippen molar-refractivity contribution < 1.29 is 28.8 Å². The van der Waals surface area contributed by atoms with Crippen LogP contribution < -0.4 is 24.4 Å². The Morgan fingerprint density at radius 1 is 1.36 bits per heavy atom. The Balaban J connectivity index is 0.00000176. The van der Waals surface area contributed by atoms with Crippen LogP contribution in [0.1, 0.15) is 26.3 Å². The second kappa shape index (κ2) is 6.11. The van der Waals surface area contributed by atoms with Crippen LogP contribution >= 0.6 is 0 Å². The number of carboxylic acid groups (broad SMARTS) is 1. The van der Waals surface area contributed by atoms with E-state index in [1.54, 1.807) is 6.20 Å². The third-order valence-electron chi connectivity index (χ3n) is 3.78. The molecule has 6 heteroatoms. The van der Waals surface area contributed by atoms with Crippen LogP contribution in [0.15, 0.2) is 35.3 Å². The van der Waals surface area contributed by atoms with Gasteiger partial charge >= 0.3 is 24.8 Å². The second-order valence-corrected chi connectivity index (χ2v) is 5.78. The summed E-state index contributed by atoms with van der Waals surface area (Å²) in [7, 11) is 0. The number of aromatic amines is 1. The number of benzene rings is 1. The van der Waals surface area contributed by atoms with Crippen molar-refractivity contribution in [2.45, 2.75) is 26.3 Å². The summed E-state index contributed by atoms with van der Waals surface area (Å²) >= 11 is 0. The van der Waals surface area contributed by atoms with Gasteiger partial charge in [-0.05, 0) is 29.4 Å². The van der Waals surface area contributed by atoms with Crippen molar-refractivity contribution in [3.05, 3.63) is 40.8 Å². The molecule has 0 saturated carbocycles. The van der Waals surface area contributed by atoms with Crippen LogP contribution in [-0.4, -0.2) is 20.6 Å². The van der Waals surface area contributed by atoms with Crippen molar-refractivity contribution in [2.75, 3.05) is 0 Å². The van der Waals surface area contributed by atoms with Crippen LogP contribution in [0, 0.1) is 5.92 Å². The van der Waals surface area contributed by atoms with Crippen molar-refractivity contribution in [2.24, 2.45) is 5.92 Å². The average molecular weight is 292 g/mol. The van der Waals surface area contributed by atoms with E-state index in [4.69, 9.17) is 0 Å². The molecule has 0 radical (unpaired) electrons. The number of para-hydroxylation sites is 1. The molecule has 3 rings (SSSR count). The second-order valence-electron chi connectivity index (χ2n) is 5.78. The van der Waals surface area contributed by atoms with Gasteiger partial charge in [-0.1, -0.05) is 43.6 Å². The zero-order chi connectivity index (χ0) is 15.1. The summed E-state index contributed by atoms with van der Waals surface area (Å²) in [6.45, 7) is 3.90. The SMILES string of the molecule is CC(C)CC(C(=O)O)n1[cH-]c2c([nH]c3ccccc32)c1=O.[Li+]. The molecule has 5 nitrogen and oxygen atoms in total. The average Bonchev–Trinajstić information content (AvgIpc) is 2.94. The van der Waals surface area contributed by atoms with Crippen molar-refractivity contribution in [1.82, 2.24) is 9.55 Å². The fourth-order valence-corrected chi connectivity index (χ4v) is 2.80. The molecule has 0 amide bonds. The molecule has 2 N–H and O–H groups in total. The molecule has 0 saturated heterocycles. The summed E-state index contributed by atoms with van der Waals surface area (Å²) in [5.41, 5.74) is 1.10. The third kappa shape index (κ3) is 2.62. The molecule has 0 fully saturated rings. The van der Waals surface area contributed by atoms with Gasteiger partial charge in [-0.25, -0.2) is 0 Å². The van der Waals surface area contributed by atoms with Crippen LogP contribution in [0.3, 0.4) is 0 Å². The molecule has 1 atom stereocenters. The Bertz CT molecular complexity index is 872. The van der Waals surface area contributed by atoms with Gasteiger partial charge < -0.3 is 19.5 Å². The quantitative estimate of drug-likeness (QED) is 0.520. The fourth-order valence-electron chi connectivity index (χ4n) is 2.80. The number of nitrogens with one attached hydrogen (secondary N) is 1. The Hall–Kier alpha value is -1.83. The van der Waals surface area contributed by atoms with Crippen molar-refractivity contribution in [3.8, 4) is 0 Å². The largest absolute Gasteiger partial charge is 1.00 e. The Labute approximate surface area is 139 Å². The number of fused-ring (bicyclic) bond motifs is 3. The van der Waals surface area contributed by atoms with Gasteiger partial charge in [0.15, 0.2) is 5.56 Å². The van der Waals surface area contributed by atoms with Crippen LogP contribution in [-0.2, 0) is 4.79 Å². The minimum Gasteiger partial charge on any atom is -0.480 e. The Kier molecular flexibility index (Phi) is 4.60.